The monoisotopic (exact) mass is 322 g/mol. The molecule has 5 heteroatoms. The zero-order chi connectivity index (χ0) is 17.1. The van der Waals surface area contributed by atoms with Crippen LogP contribution in [0.1, 0.15) is 16.7 Å². The lowest BCUT2D eigenvalue weighted by molar-refractivity contribution is -0.123. The molecule has 0 aromatic heterocycles. The first-order valence-electron chi connectivity index (χ1n) is 7.61. The van der Waals surface area contributed by atoms with Crippen LogP contribution in [0.2, 0.25) is 0 Å². The molecule has 0 radical (unpaired) electrons. The summed E-state index contributed by atoms with van der Waals surface area (Å²) >= 11 is 0. The number of rotatable bonds is 4. The lowest BCUT2D eigenvalue weighted by Crippen LogP contribution is -2.30. The maximum Gasteiger partial charge on any atom is 0.329 e. The van der Waals surface area contributed by atoms with Crippen LogP contribution in [0.4, 0.5) is 4.79 Å². The predicted octanol–water partition coefficient (Wildman–Crippen LogP) is 3.10. The Labute approximate surface area is 140 Å². The van der Waals surface area contributed by atoms with Crippen molar-refractivity contribution in [2.45, 2.75) is 13.5 Å². The number of ether oxygens (including phenoxy) is 1. The van der Waals surface area contributed by atoms with E-state index in [0.29, 0.717) is 0 Å². The first kappa shape index (κ1) is 15.8. The van der Waals surface area contributed by atoms with Crippen molar-refractivity contribution in [3.8, 4) is 5.75 Å². The van der Waals surface area contributed by atoms with Gasteiger partial charge in [0.15, 0.2) is 0 Å². The lowest BCUT2D eigenvalue weighted by atomic mass is 10.1. The van der Waals surface area contributed by atoms with Gasteiger partial charge in [-0.05, 0) is 41.8 Å². The second-order valence-electron chi connectivity index (χ2n) is 5.59. The van der Waals surface area contributed by atoms with Crippen LogP contribution in [-0.2, 0) is 11.3 Å². The zero-order valence-electron chi connectivity index (χ0n) is 13.6. The van der Waals surface area contributed by atoms with E-state index < -0.39 is 6.03 Å². The van der Waals surface area contributed by atoms with Crippen LogP contribution in [0, 0.1) is 6.92 Å². The van der Waals surface area contributed by atoms with Gasteiger partial charge in [0.05, 0.1) is 13.7 Å². The van der Waals surface area contributed by atoms with Crippen LogP contribution >= 0.6 is 0 Å². The molecule has 5 nitrogen and oxygen atoms in total. The second kappa shape index (κ2) is 6.58. The van der Waals surface area contributed by atoms with Crippen molar-refractivity contribution in [3.05, 3.63) is 70.9 Å². The fourth-order valence-corrected chi connectivity index (χ4v) is 2.57. The highest BCUT2D eigenvalue weighted by atomic mass is 16.5. The van der Waals surface area contributed by atoms with Gasteiger partial charge in [-0.1, -0.05) is 36.4 Å². The molecule has 0 bridgehead atoms. The van der Waals surface area contributed by atoms with Gasteiger partial charge in [-0.15, -0.1) is 0 Å². The van der Waals surface area contributed by atoms with Crippen LogP contribution < -0.4 is 10.1 Å². The molecule has 0 aliphatic carbocycles. The molecule has 1 saturated heterocycles. The molecule has 3 amide bonds. The summed E-state index contributed by atoms with van der Waals surface area (Å²) in [7, 11) is 1.61. The Bertz CT molecular complexity index is 813. The summed E-state index contributed by atoms with van der Waals surface area (Å²) in [5.41, 5.74) is 3.01. The number of methoxy groups -OCH3 is 1. The van der Waals surface area contributed by atoms with Crippen LogP contribution in [0.3, 0.4) is 0 Å². The first-order valence-corrected chi connectivity index (χ1v) is 7.61. The van der Waals surface area contributed by atoms with Crippen molar-refractivity contribution in [1.82, 2.24) is 10.2 Å². The molecular weight excluding hydrogens is 304 g/mol. The number of nitrogens with zero attached hydrogens (tertiary/aromatic N) is 1. The molecule has 0 spiro atoms. The number of hydrogen-bond acceptors (Lipinski definition) is 3. The van der Waals surface area contributed by atoms with E-state index in [-0.39, 0.29) is 18.1 Å². The van der Waals surface area contributed by atoms with E-state index in [1.807, 2.05) is 55.5 Å². The Kier molecular flexibility index (Phi) is 4.33. The van der Waals surface area contributed by atoms with Gasteiger partial charge in [0, 0.05) is 0 Å². The van der Waals surface area contributed by atoms with E-state index in [1.54, 1.807) is 13.2 Å². The molecule has 0 saturated carbocycles. The number of hydrogen-bond donors (Lipinski definition) is 1. The molecule has 1 heterocycles. The van der Waals surface area contributed by atoms with Gasteiger partial charge in [0.1, 0.15) is 11.4 Å². The number of carbonyl (C=O) groups is 2. The standard InChI is InChI=1S/C19H18N2O3/c1-13-10-16(24-2)9-8-15(13)11-17-18(22)21(19(23)20-17)12-14-6-4-3-5-7-14/h3-11H,12H2,1-2H3,(H,20,23)/b17-11+. The van der Waals surface area contributed by atoms with E-state index >= 15 is 0 Å². The third-order valence-corrected chi connectivity index (χ3v) is 3.92. The number of carbonyl (C=O) groups excluding carboxylic acids is 2. The topological polar surface area (TPSA) is 58.6 Å². The minimum Gasteiger partial charge on any atom is -0.497 e. The van der Waals surface area contributed by atoms with Crippen LogP contribution in [-0.4, -0.2) is 23.9 Å². The molecule has 0 unspecified atom stereocenters. The number of aryl methyl sites for hydroxylation is 1. The van der Waals surface area contributed by atoms with Crippen molar-refractivity contribution >= 4 is 18.0 Å². The highest BCUT2D eigenvalue weighted by molar-refractivity contribution is 6.13. The molecule has 2 aromatic rings. The van der Waals surface area contributed by atoms with Gasteiger partial charge < -0.3 is 10.1 Å². The number of amides is 3. The summed E-state index contributed by atoms with van der Waals surface area (Å²) in [6, 6.07) is 14.6. The quantitative estimate of drug-likeness (QED) is 0.695. The molecule has 1 aliphatic rings. The summed E-state index contributed by atoms with van der Waals surface area (Å²) in [6.07, 6.45) is 1.69. The van der Waals surface area contributed by atoms with Gasteiger partial charge >= 0.3 is 6.03 Å². The van der Waals surface area contributed by atoms with E-state index in [1.165, 1.54) is 4.90 Å². The average molecular weight is 322 g/mol. The van der Waals surface area contributed by atoms with Crippen LogP contribution in [0.5, 0.6) is 5.75 Å². The highest BCUT2D eigenvalue weighted by Crippen LogP contribution is 2.21. The highest BCUT2D eigenvalue weighted by Gasteiger charge is 2.33. The molecule has 2 aromatic carbocycles. The van der Waals surface area contributed by atoms with Crippen LogP contribution in [0.15, 0.2) is 54.2 Å². The van der Waals surface area contributed by atoms with Gasteiger partial charge in [0.25, 0.3) is 5.91 Å². The van der Waals surface area contributed by atoms with Crippen molar-refractivity contribution < 1.29 is 14.3 Å². The molecule has 3 rings (SSSR count). The van der Waals surface area contributed by atoms with E-state index in [9.17, 15) is 9.59 Å². The smallest absolute Gasteiger partial charge is 0.329 e. The predicted molar refractivity (Wildman–Crippen MR) is 91.2 cm³/mol. The van der Waals surface area contributed by atoms with Gasteiger partial charge in [-0.3, -0.25) is 9.69 Å². The lowest BCUT2D eigenvalue weighted by Gasteiger charge is -2.11. The van der Waals surface area contributed by atoms with Crippen molar-refractivity contribution in [2.75, 3.05) is 7.11 Å². The van der Waals surface area contributed by atoms with E-state index in [2.05, 4.69) is 5.32 Å². The number of imide groups is 1. The minimum atomic E-state index is -0.402. The molecule has 1 N–H and O–H groups in total. The Morgan fingerprint density at radius 1 is 1.12 bits per heavy atom. The Morgan fingerprint density at radius 3 is 2.54 bits per heavy atom. The van der Waals surface area contributed by atoms with Crippen molar-refractivity contribution in [3.63, 3.8) is 0 Å². The molecular formula is C19H18N2O3. The Hall–Kier alpha value is -3.08. The second-order valence-corrected chi connectivity index (χ2v) is 5.59. The Morgan fingerprint density at radius 2 is 1.88 bits per heavy atom. The normalized spacial score (nSPS) is 15.8. The molecule has 1 aliphatic heterocycles. The largest absolute Gasteiger partial charge is 0.497 e. The average Bonchev–Trinajstić information content (AvgIpc) is 2.85. The number of nitrogens with one attached hydrogen (secondary N) is 1. The van der Waals surface area contributed by atoms with Gasteiger partial charge in [-0.2, -0.15) is 0 Å². The SMILES string of the molecule is COc1ccc(/C=C2/NC(=O)N(Cc3ccccc3)C2=O)c(C)c1. The first-order chi connectivity index (χ1) is 11.6. The maximum atomic E-state index is 12.5. The summed E-state index contributed by atoms with van der Waals surface area (Å²) in [4.78, 5) is 25.8. The fraction of sp³-hybridized carbons (Fsp3) is 0.158. The van der Waals surface area contributed by atoms with E-state index in [4.69, 9.17) is 4.74 Å². The molecule has 0 atom stereocenters. The third-order valence-electron chi connectivity index (χ3n) is 3.92. The molecule has 24 heavy (non-hydrogen) atoms. The zero-order valence-corrected chi connectivity index (χ0v) is 13.6. The van der Waals surface area contributed by atoms with E-state index in [0.717, 1.165) is 22.4 Å². The number of benzene rings is 2. The summed E-state index contributed by atoms with van der Waals surface area (Å²) in [5, 5.41) is 2.65. The Balaban J connectivity index is 1.83. The van der Waals surface area contributed by atoms with Crippen LogP contribution in [0.25, 0.3) is 6.08 Å². The molecule has 1 fully saturated rings. The summed E-state index contributed by atoms with van der Waals surface area (Å²) < 4.78 is 5.18. The minimum absolute atomic E-state index is 0.254. The molecule has 122 valence electrons. The number of urea groups is 1. The van der Waals surface area contributed by atoms with Crippen molar-refractivity contribution in [1.29, 1.82) is 0 Å². The van der Waals surface area contributed by atoms with Crippen molar-refractivity contribution in [2.24, 2.45) is 0 Å². The maximum absolute atomic E-state index is 12.5. The summed E-state index contributed by atoms with van der Waals surface area (Å²) in [6.45, 7) is 2.18. The fourth-order valence-electron chi connectivity index (χ4n) is 2.57. The van der Waals surface area contributed by atoms with Gasteiger partial charge in [-0.25, -0.2) is 4.79 Å². The third kappa shape index (κ3) is 3.15. The van der Waals surface area contributed by atoms with Gasteiger partial charge in [0.2, 0.25) is 0 Å². The summed E-state index contributed by atoms with van der Waals surface area (Å²) in [5.74, 6) is 0.432.